The number of aromatic hydroxyl groups is 1. The van der Waals surface area contributed by atoms with E-state index in [1.807, 2.05) is 13.0 Å². The lowest BCUT2D eigenvalue weighted by molar-refractivity contribution is 0.151. The van der Waals surface area contributed by atoms with E-state index < -0.39 is 5.60 Å². The second-order valence-electron chi connectivity index (χ2n) is 3.63. The van der Waals surface area contributed by atoms with Crippen molar-refractivity contribution >= 4 is 15.9 Å². The van der Waals surface area contributed by atoms with Crippen LogP contribution in [0.2, 0.25) is 0 Å². The molecule has 70 valence electrons. The van der Waals surface area contributed by atoms with Gasteiger partial charge in [-0.3, -0.25) is 0 Å². The Morgan fingerprint density at radius 3 is 2.46 bits per heavy atom. The van der Waals surface area contributed by atoms with E-state index in [0.717, 1.165) is 28.4 Å². The summed E-state index contributed by atoms with van der Waals surface area (Å²) in [5.41, 5.74) is 0.948. The molecule has 1 fully saturated rings. The van der Waals surface area contributed by atoms with Crippen LogP contribution < -0.4 is 0 Å². The maximum Gasteiger partial charge on any atom is 0.119 e. The van der Waals surface area contributed by atoms with Crippen LogP contribution >= 0.6 is 15.9 Å². The van der Waals surface area contributed by atoms with Crippen LogP contribution in [0, 0.1) is 6.92 Å². The summed E-state index contributed by atoms with van der Waals surface area (Å²) in [7, 11) is 0. The van der Waals surface area contributed by atoms with Crippen molar-refractivity contribution in [1.82, 2.24) is 0 Å². The third-order valence-electron chi connectivity index (χ3n) is 2.58. The van der Waals surface area contributed by atoms with E-state index in [1.54, 1.807) is 6.07 Å². The number of aliphatic hydroxyl groups is 1. The lowest BCUT2D eigenvalue weighted by Gasteiger charge is -2.11. The van der Waals surface area contributed by atoms with Gasteiger partial charge in [-0.2, -0.15) is 0 Å². The average molecular weight is 243 g/mol. The lowest BCUT2D eigenvalue weighted by Crippen LogP contribution is -2.04. The smallest absolute Gasteiger partial charge is 0.119 e. The van der Waals surface area contributed by atoms with E-state index >= 15 is 0 Å². The third-order valence-corrected chi connectivity index (χ3v) is 3.40. The molecule has 1 aromatic carbocycles. The highest BCUT2D eigenvalue weighted by Gasteiger charge is 2.42. The van der Waals surface area contributed by atoms with E-state index in [1.165, 1.54) is 0 Å². The van der Waals surface area contributed by atoms with Gasteiger partial charge in [-0.1, -0.05) is 15.9 Å². The Morgan fingerprint density at radius 1 is 1.38 bits per heavy atom. The maximum absolute atomic E-state index is 9.81. The Hall–Kier alpha value is -0.540. The van der Waals surface area contributed by atoms with Gasteiger partial charge in [0, 0.05) is 10.0 Å². The van der Waals surface area contributed by atoms with Crippen molar-refractivity contribution in [1.29, 1.82) is 0 Å². The zero-order valence-electron chi connectivity index (χ0n) is 7.34. The monoisotopic (exact) mass is 242 g/mol. The van der Waals surface area contributed by atoms with Crippen molar-refractivity contribution in [2.24, 2.45) is 0 Å². The minimum Gasteiger partial charge on any atom is -0.508 e. The first-order valence-electron chi connectivity index (χ1n) is 4.25. The summed E-state index contributed by atoms with van der Waals surface area (Å²) in [5, 5.41) is 19.3. The molecule has 2 rings (SSSR count). The molecule has 0 radical (unpaired) electrons. The predicted molar refractivity (Wildman–Crippen MR) is 53.7 cm³/mol. The Bertz CT molecular complexity index is 333. The van der Waals surface area contributed by atoms with Gasteiger partial charge in [0.2, 0.25) is 0 Å². The summed E-state index contributed by atoms with van der Waals surface area (Å²) in [6.07, 6.45) is 1.59. The Morgan fingerprint density at radius 2 is 2.00 bits per heavy atom. The predicted octanol–water partition coefficient (Wildman–Crippen LogP) is 2.44. The van der Waals surface area contributed by atoms with E-state index in [9.17, 15) is 10.2 Å². The third kappa shape index (κ3) is 1.46. The molecule has 0 bridgehead atoms. The zero-order chi connectivity index (χ0) is 9.64. The molecule has 0 aromatic heterocycles. The first kappa shape index (κ1) is 9.03. The van der Waals surface area contributed by atoms with Gasteiger partial charge in [-0.25, -0.2) is 0 Å². The van der Waals surface area contributed by atoms with Crippen molar-refractivity contribution in [2.75, 3.05) is 0 Å². The molecule has 1 aliphatic carbocycles. The van der Waals surface area contributed by atoms with Crippen LogP contribution in [0.15, 0.2) is 16.6 Å². The van der Waals surface area contributed by atoms with Crippen molar-refractivity contribution in [3.05, 3.63) is 27.7 Å². The molecule has 0 aliphatic heterocycles. The molecule has 0 unspecified atom stereocenters. The van der Waals surface area contributed by atoms with Crippen LogP contribution in [0.3, 0.4) is 0 Å². The largest absolute Gasteiger partial charge is 0.508 e. The zero-order valence-corrected chi connectivity index (χ0v) is 8.93. The van der Waals surface area contributed by atoms with Crippen LogP contribution in [-0.4, -0.2) is 10.2 Å². The van der Waals surface area contributed by atoms with Gasteiger partial charge in [0.05, 0.1) is 5.60 Å². The number of phenols is 1. The number of halogens is 1. The molecule has 0 amide bonds. The highest BCUT2D eigenvalue weighted by atomic mass is 79.9. The molecule has 2 N–H and O–H groups in total. The molecule has 13 heavy (non-hydrogen) atoms. The Balaban J connectivity index is 2.50. The van der Waals surface area contributed by atoms with Crippen LogP contribution in [0.5, 0.6) is 5.75 Å². The second kappa shape index (κ2) is 2.72. The van der Waals surface area contributed by atoms with E-state index in [2.05, 4.69) is 15.9 Å². The van der Waals surface area contributed by atoms with Crippen molar-refractivity contribution in [2.45, 2.75) is 25.4 Å². The van der Waals surface area contributed by atoms with Gasteiger partial charge in [-0.15, -0.1) is 0 Å². The first-order chi connectivity index (χ1) is 6.03. The number of hydrogen-bond donors (Lipinski definition) is 2. The summed E-state index contributed by atoms with van der Waals surface area (Å²) in [6, 6.07) is 3.52. The summed E-state index contributed by atoms with van der Waals surface area (Å²) in [6.45, 7) is 1.83. The number of benzene rings is 1. The van der Waals surface area contributed by atoms with Gasteiger partial charge in [0.25, 0.3) is 0 Å². The number of rotatable bonds is 1. The molecule has 3 heteroatoms. The van der Waals surface area contributed by atoms with Crippen LogP contribution in [0.25, 0.3) is 0 Å². The van der Waals surface area contributed by atoms with Crippen molar-refractivity contribution in [3.8, 4) is 5.75 Å². The molecule has 1 aliphatic rings. The van der Waals surface area contributed by atoms with Crippen LogP contribution in [0.4, 0.5) is 0 Å². The molecular weight excluding hydrogens is 232 g/mol. The van der Waals surface area contributed by atoms with Gasteiger partial charge < -0.3 is 10.2 Å². The quantitative estimate of drug-likeness (QED) is 0.795. The summed E-state index contributed by atoms with van der Waals surface area (Å²) >= 11 is 3.35. The molecule has 2 nitrogen and oxygen atoms in total. The molecule has 0 heterocycles. The van der Waals surface area contributed by atoms with E-state index in [-0.39, 0.29) is 5.75 Å². The van der Waals surface area contributed by atoms with E-state index in [4.69, 9.17) is 0 Å². The van der Waals surface area contributed by atoms with Gasteiger partial charge >= 0.3 is 0 Å². The van der Waals surface area contributed by atoms with Gasteiger partial charge in [0.15, 0.2) is 0 Å². The first-order valence-corrected chi connectivity index (χ1v) is 5.04. The molecule has 0 atom stereocenters. The number of phenolic OH excluding ortho intramolecular Hbond substituents is 1. The minimum absolute atomic E-state index is 0.240. The SMILES string of the molecule is Cc1c(O)cc(C2(O)CC2)cc1Br. The fraction of sp³-hybridized carbons (Fsp3) is 0.400. The highest BCUT2D eigenvalue weighted by molar-refractivity contribution is 9.10. The van der Waals surface area contributed by atoms with Gasteiger partial charge in [0.1, 0.15) is 5.75 Å². The fourth-order valence-corrected chi connectivity index (χ4v) is 1.79. The molecule has 1 saturated carbocycles. The topological polar surface area (TPSA) is 40.5 Å². The normalized spacial score (nSPS) is 18.7. The standard InChI is InChI=1S/C10H11BrO2/c1-6-8(11)4-7(5-9(6)12)10(13)2-3-10/h4-5,12-13H,2-3H2,1H3. The second-order valence-corrected chi connectivity index (χ2v) is 4.49. The fourth-order valence-electron chi connectivity index (χ4n) is 1.34. The average Bonchev–Trinajstić information content (AvgIpc) is 2.80. The van der Waals surface area contributed by atoms with Crippen molar-refractivity contribution < 1.29 is 10.2 Å². The molecule has 0 spiro atoms. The lowest BCUT2D eigenvalue weighted by atomic mass is 10.1. The van der Waals surface area contributed by atoms with Crippen LogP contribution in [-0.2, 0) is 5.60 Å². The highest BCUT2D eigenvalue weighted by Crippen LogP contribution is 2.47. The summed E-state index contributed by atoms with van der Waals surface area (Å²) < 4.78 is 0.850. The molecule has 0 saturated heterocycles. The van der Waals surface area contributed by atoms with Crippen molar-refractivity contribution in [3.63, 3.8) is 0 Å². The van der Waals surface area contributed by atoms with E-state index in [0.29, 0.717) is 0 Å². The number of hydrogen-bond acceptors (Lipinski definition) is 2. The summed E-state index contributed by atoms with van der Waals surface area (Å²) in [4.78, 5) is 0. The molecular formula is C10H11BrO2. The van der Waals surface area contributed by atoms with Gasteiger partial charge in [-0.05, 0) is 37.5 Å². The maximum atomic E-state index is 9.81. The Kier molecular flexibility index (Phi) is 1.89. The summed E-state index contributed by atoms with van der Waals surface area (Å²) in [5.74, 6) is 0.240. The van der Waals surface area contributed by atoms with Crippen LogP contribution in [0.1, 0.15) is 24.0 Å². The Labute approximate surface area is 85.3 Å². The minimum atomic E-state index is -0.673. The molecule has 1 aromatic rings.